The number of hydrogen-bond acceptors (Lipinski definition) is 4. The van der Waals surface area contributed by atoms with Gasteiger partial charge >= 0.3 is 5.97 Å². The van der Waals surface area contributed by atoms with E-state index in [4.69, 9.17) is 9.47 Å². The summed E-state index contributed by atoms with van der Waals surface area (Å²) in [5.74, 6) is 1.54. The summed E-state index contributed by atoms with van der Waals surface area (Å²) in [6.07, 6.45) is 6.55. The summed E-state index contributed by atoms with van der Waals surface area (Å²) in [7, 11) is 2.94. The van der Waals surface area contributed by atoms with Gasteiger partial charge < -0.3 is 19.9 Å². The van der Waals surface area contributed by atoms with Gasteiger partial charge in [-0.1, -0.05) is 0 Å². The van der Waals surface area contributed by atoms with Gasteiger partial charge in [0.15, 0.2) is 11.5 Å². The predicted octanol–water partition coefficient (Wildman–Crippen LogP) is 3.56. The number of methoxy groups -OCH3 is 2. The van der Waals surface area contributed by atoms with Crippen LogP contribution in [0.5, 0.6) is 11.5 Å². The number of aromatic carboxylic acids is 1. The van der Waals surface area contributed by atoms with Gasteiger partial charge in [0.25, 0.3) is 0 Å². The number of nitrogens with one attached hydrogen (secondary N) is 1. The first-order valence-corrected chi connectivity index (χ1v) is 9.25. The molecule has 4 aliphatic rings. The first-order valence-electron chi connectivity index (χ1n) is 9.25. The average Bonchev–Trinajstić information content (AvgIpc) is 2.59. The number of ether oxygens (including phenoxy) is 2. The topological polar surface area (TPSA) is 84.9 Å². The van der Waals surface area contributed by atoms with Crippen LogP contribution in [0.25, 0.3) is 0 Å². The molecule has 0 radical (unpaired) electrons. The molecule has 26 heavy (non-hydrogen) atoms. The standard InChI is InChI=1S/C20H25NO5/c1-25-16-6-14(18(22)23)15(7-17(16)26-2)21-19(24)20-8-11-3-12(9-20)5-13(4-11)10-20/h6-7,11-13H,3-5,8-10H2,1-2H3,(H,21,24)(H,22,23). The lowest BCUT2D eigenvalue weighted by atomic mass is 9.49. The molecule has 0 unspecified atom stereocenters. The van der Waals surface area contributed by atoms with Crippen LogP contribution < -0.4 is 14.8 Å². The number of anilines is 1. The maximum atomic E-state index is 13.2. The van der Waals surface area contributed by atoms with Gasteiger partial charge in [-0.2, -0.15) is 0 Å². The van der Waals surface area contributed by atoms with Crippen LogP contribution in [0.2, 0.25) is 0 Å². The minimum atomic E-state index is -1.10. The minimum Gasteiger partial charge on any atom is -0.493 e. The van der Waals surface area contributed by atoms with Crippen molar-refractivity contribution in [1.29, 1.82) is 0 Å². The molecule has 1 aromatic rings. The van der Waals surface area contributed by atoms with Crippen molar-refractivity contribution < 1.29 is 24.2 Å². The molecule has 5 rings (SSSR count). The Hall–Kier alpha value is -2.24. The molecule has 4 saturated carbocycles. The molecule has 0 atom stereocenters. The van der Waals surface area contributed by atoms with E-state index in [1.807, 2.05) is 0 Å². The van der Waals surface area contributed by atoms with E-state index in [1.54, 1.807) is 6.07 Å². The van der Waals surface area contributed by atoms with Gasteiger partial charge in [0.05, 0.1) is 30.9 Å². The molecule has 140 valence electrons. The lowest BCUT2D eigenvalue weighted by Crippen LogP contribution is -2.51. The maximum absolute atomic E-state index is 13.2. The summed E-state index contributed by atoms with van der Waals surface area (Å²) in [5.41, 5.74) is -0.0471. The minimum absolute atomic E-state index is 0.0146. The zero-order valence-electron chi connectivity index (χ0n) is 15.2. The monoisotopic (exact) mass is 359 g/mol. The Morgan fingerprint density at radius 1 is 1.00 bits per heavy atom. The second-order valence-electron chi connectivity index (χ2n) is 8.21. The van der Waals surface area contributed by atoms with Gasteiger partial charge in [-0.25, -0.2) is 4.79 Å². The van der Waals surface area contributed by atoms with Crippen LogP contribution in [0.1, 0.15) is 48.9 Å². The highest BCUT2D eigenvalue weighted by atomic mass is 16.5. The lowest BCUT2D eigenvalue weighted by molar-refractivity contribution is -0.140. The van der Waals surface area contributed by atoms with Crippen LogP contribution in [0.3, 0.4) is 0 Å². The van der Waals surface area contributed by atoms with Crippen molar-refractivity contribution in [3.8, 4) is 11.5 Å². The van der Waals surface area contributed by atoms with E-state index in [9.17, 15) is 14.7 Å². The summed E-state index contributed by atoms with van der Waals surface area (Å²) in [6.45, 7) is 0. The SMILES string of the molecule is COc1cc(NC(=O)C23CC4CC(CC(C4)C2)C3)c(C(=O)O)cc1OC. The molecule has 1 aromatic carbocycles. The number of rotatable bonds is 5. The molecule has 0 heterocycles. The van der Waals surface area contributed by atoms with Crippen molar-refractivity contribution in [3.63, 3.8) is 0 Å². The van der Waals surface area contributed by atoms with E-state index in [1.165, 1.54) is 39.5 Å². The molecule has 6 nitrogen and oxygen atoms in total. The Morgan fingerprint density at radius 3 is 1.96 bits per heavy atom. The largest absolute Gasteiger partial charge is 0.493 e. The zero-order chi connectivity index (χ0) is 18.5. The molecule has 0 aliphatic heterocycles. The second kappa shape index (κ2) is 6.18. The Labute approximate surface area is 152 Å². The highest BCUT2D eigenvalue weighted by Gasteiger charge is 2.54. The van der Waals surface area contributed by atoms with E-state index in [-0.39, 0.29) is 22.6 Å². The summed E-state index contributed by atoms with van der Waals surface area (Å²) < 4.78 is 10.5. The lowest BCUT2D eigenvalue weighted by Gasteiger charge is -2.55. The fraction of sp³-hybridized carbons (Fsp3) is 0.600. The van der Waals surface area contributed by atoms with Gasteiger partial charge in [-0.05, 0) is 56.3 Å². The van der Waals surface area contributed by atoms with Crippen molar-refractivity contribution in [2.45, 2.75) is 38.5 Å². The Balaban J connectivity index is 1.64. The van der Waals surface area contributed by atoms with Crippen LogP contribution in [0.4, 0.5) is 5.69 Å². The first kappa shape index (κ1) is 17.2. The molecule has 0 aromatic heterocycles. The van der Waals surface area contributed by atoms with Crippen LogP contribution in [0.15, 0.2) is 12.1 Å². The summed E-state index contributed by atoms with van der Waals surface area (Å²) in [6, 6.07) is 2.94. The number of benzene rings is 1. The summed E-state index contributed by atoms with van der Waals surface area (Å²) >= 11 is 0. The highest BCUT2D eigenvalue weighted by molar-refractivity contribution is 6.03. The predicted molar refractivity (Wildman–Crippen MR) is 95.7 cm³/mol. The molecule has 4 bridgehead atoms. The highest BCUT2D eigenvalue weighted by Crippen LogP contribution is 2.60. The quantitative estimate of drug-likeness (QED) is 0.840. The molecule has 4 aliphatic carbocycles. The molecule has 6 heteroatoms. The van der Waals surface area contributed by atoms with E-state index < -0.39 is 5.97 Å². The molecule has 0 spiro atoms. The summed E-state index contributed by atoms with van der Waals surface area (Å²) in [5, 5.41) is 12.5. The van der Waals surface area contributed by atoms with Gasteiger partial charge in [-0.3, -0.25) is 4.79 Å². The zero-order valence-corrected chi connectivity index (χ0v) is 15.2. The molecule has 2 N–H and O–H groups in total. The number of carboxylic acid groups (broad SMARTS) is 1. The molecular weight excluding hydrogens is 334 g/mol. The number of hydrogen-bond donors (Lipinski definition) is 2. The third kappa shape index (κ3) is 2.72. The number of amides is 1. The molecule has 1 amide bonds. The van der Waals surface area contributed by atoms with E-state index in [0.717, 1.165) is 19.3 Å². The van der Waals surface area contributed by atoms with Crippen molar-refractivity contribution in [3.05, 3.63) is 17.7 Å². The third-order valence-corrected chi connectivity index (χ3v) is 6.52. The normalized spacial score (nSPS) is 31.5. The number of carboxylic acids is 1. The average molecular weight is 359 g/mol. The maximum Gasteiger partial charge on any atom is 0.337 e. The van der Waals surface area contributed by atoms with Gasteiger partial charge in [0.1, 0.15) is 0 Å². The fourth-order valence-corrected chi connectivity index (χ4v) is 5.80. The van der Waals surface area contributed by atoms with Crippen molar-refractivity contribution in [2.24, 2.45) is 23.2 Å². The Kier molecular flexibility index (Phi) is 4.09. The van der Waals surface area contributed by atoms with Crippen LogP contribution in [0, 0.1) is 23.2 Å². The number of carbonyl (C=O) groups excluding carboxylic acids is 1. The van der Waals surface area contributed by atoms with E-state index in [2.05, 4.69) is 5.32 Å². The van der Waals surface area contributed by atoms with E-state index in [0.29, 0.717) is 29.3 Å². The van der Waals surface area contributed by atoms with E-state index >= 15 is 0 Å². The fourth-order valence-electron chi connectivity index (χ4n) is 5.80. The Bertz CT molecular complexity index is 722. The Morgan fingerprint density at radius 2 is 1.50 bits per heavy atom. The second-order valence-corrected chi connectivity index (χ2v) is 8.21. The smallest absolute Gasteiger partial charge is 0.337 e. The van der Waals surface area contributed by atoms with Gasteiger partial charge in [0.2, 0.25) is 5.91 Å². The van der Waals surface area contributed by atoms with Crippen molar-refractivity contribution >= 4 is 17.6 Å². The number of carbonyl (C=O) groups is 2. The molecule has 4 fully saturated rings. The van der Waals surface area contributed by atoms with Crippen molar-refractivity contribution in [2.75, 3.05) is 19.5 Å². The van der Waals surface area contributed by atoms with Gasteiger partial charge in [0, 0.05) is 12.1 Å². The van der Waals surface area contributed by atoms with Crippen molar-refractivity contribution in [1.82, 2.24) is 0 Å². The van der Waals surface area contributed by atoms with Crippen LogP contribution in [-0.2, 0) is 4.79 Å². The third-order valence-electron chi connectivity index (χ3n) is 6.52. The van der Waals surface area contributed by atoms with Crippen LogP contribution >= 0.6 is 0 Å². The summed E-state index contributed by atoms with van der Waals surface area (Å²) in [4.78, 5) is 24.9. The molecule has 0 saturated heterocycles. The molecular formula is C20H25NO5. The van der Waals surface area contributed by atoms with Gasteiger partial charge in [-0.15, -0.1) is 0 Å². The van der Waals surface area contributed by atoms with Crippen LogP contribution in [-0.4, -0.2) is 31.2 Å². The first-order chi connectivity index (χ1) is 12.4.